The second-order valence-corrected chi connectivity index (χ2v) is 6.49. The van der Waals surface area contributed by atoms with Crippen LogP contribution in [0.2, 0.25) is 5.15 Å². The van der Waals surface area contributed by atoms with Crippen molar-refractivity contribution < 1.29 is 4.79 Å². The Labute approximate surface area is 131 Å². The number of aromatic amines is 1. The molecule has 0 atom stereocenters. The van der Waals surface area contributed by atoms with E-state index in [0.29, 0.717) is 22.1 Å². The van der Waals surface area contributed by atoms with Crippen LogP contribution in [0.3, 0.4) is 0 Å². The summed E-state index contributed by atoms with van der Waals surface area (Å²) >= 11 is 12.2. The van der Waals surface area contributed by atoms with Crippen LogP contribution in [-0.2, 0) is 17.6 Å². The van der Waals surface area contributed by atoms with Gasteiger partial charge in [0.25, 0.3) is 0 Å². The third kappa shape index (κ3) is 4.40. The Morgan fingerprint density at radius 1 is 1.55 bits per heavy atom. The molecule has 4 nitrogen and oxygen atoms in total. The highest BCUT2D eigenvalue weighted by molar-refractivity contribution is 7.73. The van der Waals surface area contributed by atoms with E-state index in [1.54, 1.807) is 12.3 Å². The van der Waals surface area contributed by atoms with Gasteiger partial charge in [-0.05, 0) is 37.2 Å². The second-order valence-electron chi connectivity index (χ2n) is 4.33. The average molecular weight is 328 g/mol. The van der Waals surface area contributed by atoms with E-state index in [1.807, 2.05) is 13.0 Å². The summed E-state index contributed by atoms with van der Waals surface area (Å²) in [4.78, 5) is 19.8. The van der Waals surface area contributed by atoms with Crippen molar-refractivity contribution in [2.75, 3.05) is 6.54 Å². The molecule has 0 aliphatic heterocycles. The van der Waals surface area contributed by atoms with Gasteiger partial charge in [-0.25, -0.2) is 4.98 Å². The Morgan fingerprint density at radius 2 is 2.35 bits per heavy atom. The lowest BCUT2D eigenvalue weighted by atomic mass is 10.2. The number of aryl methyl sites for hydroxylation is 1. The van der Waals surface area contributed by atoms with Crippen molar-refractivity contribution in [2.24, 2.45) is 0 Å². The fourth-order valence-corrected chi connectivity index (χ4v) is 3.12. The van der Waals surface area contributed by atoms with Crippen molar-refractivity contribution in [2.45, 2.75) is 19.8 Å². The molecule has 0 bridgehead atoms. The van der Waals surface area contributed by atoms with Crippen molar-refractivity contribution in [3.63, 3.8) is 0 Å². The largest absolute Gasteiger partial charge is 0.355 e. The number of carbonyl (C=O) groups is 1. The van der Waals surface area contributed by atoms with Gasteiger partial charge in [0, 0.05) is 23.3 Å². The van der Waals surface area contributed by atoms with Gasteiger partial charge < -0.3 is 10.3 Å². The number of nitrogens with zero attached hydrogens (tertiary/aromatic N) is 1. The van der Waals surface area contributed by atoms with Gasteiger partial charge in [-0.2, -0.15) is 0 Å². The SMILES string of the molecule is Cc1[nH]c(=S)sc1CC(=O)NCCc1ccc(Cl)nc1. The van der Waals surface area contributed by atoms with Gasteiger partial charge in [-0.3, -0.25) is 4.79 Å². The zero-order valence-electron chi connectivity index (χ0n) is 10.9. The van der Waals surface area contributed by atoms with Crippen LogP contribution in [0.4, 0.5) is 0 Å². The van der Waals surface area contributed by atoms with E-state index in [9.17, 15) is 4.79 Å². The lowest BCUT2D eigenvalue weighted by Gasteiger charge is -2.05. The number of thiazole rings is 1. The summed E-state index contributed by atoms with van der Waals surface area (Å²) < 4.78 is 0.706. The van der Waals surface area contributed by atoms with Crippen LogP contribution < -0.4 is 5.32 Å². The van der Waals surface area contributed by atoms with E-state index < -0.39 is 0 Å². The minimum absolute atomic E-state index is 0.000253. The molecule has 0 aromatic carbocycles. The topological polar surface area (TPSA) is 57.8 Å². The summed E-state index contributed by atoms with van der Waals surface area (Å²) in [5.74, 6) is 0.000253. The molecule has 7 heteroatoms. The first-order valence-corrected chi connectivity index (χ1v) is 7.70. The van der Waals surface area contributed by atoms with Gasteiger partial charge in [0.2, 0.25) is 5.91 Å². The van der Waals surface area contributed by atoms with Gasteiger partial charge in [-0.15, -0.1) is 11.3 Å². The highest BCUT2D eigenvalue weighted by Gasteiger charge is 2.08. The molecule has 0 saturated carbocycles. The molecule has 0 radical (unpaired) electrons. The van der Waals surface area contributed by atoms with Gasteiger partial charge in [0.15, 0.2) is 3.95 Å². The average Bonchev–Trinajstić information content (AvgIpc) is 2.70. The summed E-state index contributed by atoms with van der Waals surface area (Å²) in [6.45, 7) is 2.51. The van der Waals surface area contributed by atoms with E-state index in [4.69, 9.17) is 23.8 Å². The molecule has 0 aliphatic rings. The number of carbonyl (C=O) groups excluding carboxylic acids is 1. The standard InChI is InChI=1S/C13H14ClN3OS2/c1-8-10(20-13(19)17-8)6-12(18)15-5-4-9-2-3-11(14)16-7-9/h2-3,7H,4-6H2,1H3,(H,15,18)(H,17,19). The van der Waals surface area contributed by atoms with E-state index >= 15 is 0 Å². The van der Waals surface area contributed by atoms with Crippen LogP contribution in [-0.4, -0.2) is 22.4 Å². The molecule has 0 fully saturated rings. The van der Waals surface area contributed by atoms with E-state index in [2.05, 4.69) is 15.3 Å². The maximum atomic E-state index is 11.8. The predicted octanol–water partition coefficient (Wildman–Crippen LogP) is 3.06. The molecule has 0 saturated heterocycles. The van der Waals surface area contributed by atoms with Crippen LogP contribution >= 0.6 is 35.2 Å². The summed E-state index contributed by atoms with van der Waals surface area (Å²) in [5.41, 5.74) is 2.01. The summed E-state index contributed by atoms with van der Waals surface area (Å²) in [5, 5.41) is 3.36. The van der Waals surface area contributed by atoms with Crippen molar-refractivity contribution >= 4 is 41.1 Å². The monoisotopic (exact) mass is 327 g/mol. The Hall–Kier alpha value is -1.24. The normalized spacial score (nSPS) is 10.5. The lowest BCUT2D eigenvalue weighted by molar-refractivity contribution is -0.120. The predicted molar refractivity (Wildman–Crippen MR) is 83.9 cm³/mol. The number of pyridine rings is 1. The molecule has 2 rings (SSSR count). The van der Waals surface area contributed by atoms with Crippen LogP contribution in [0.25, 0.3) is 0 Å². The molecule has 2 aromatic rings. The number of halogens is 1. The highest BCUT2D eigenvalue weighted by Crippen LogP contribution is 2.14. The first kappa shape index (κ1) is 15.2. The molecule has 0 spiro atoms. The molecular weight excluding hydrogens is 314 g/mol. The summed E-state index contributed by atoms with van der Waals surface area (Å²) in [7, 11) is 0. The molecule has 2 aromatic heterocycles. The molecule has 106 valence electrons. The number of aromatic nitrogens is 2. The Kier molecular flexibility index (Phi) is 5.28. The van der Waals surface area contributed by atoms with Crippen LogP contribution in [0.5, 0.6) is 0 Å². The Bertz CT molecular complexity index is 648. The smallest absolute Gasteiger partial charge is 0.225 e. The third-order valence-corrected chi connectivity index (χ3v) is 4.33. The molecule has 0 aliphatic carbocycles. The fourth-order valence-electron chi connectivity index (χ4n) is 1.71. The van der Waals surface area contributed by atoms with E-state index in [0.717, 1.165) is 22.6 Å². The zero-order chi connectivity index (χ0) is 14.5. The Morgan fingerprint density at radius 3 is 2.95 bits per heavy atom. The van der Waals surface area contributed by atoms with Gasteiger partial charge in [0.1, 0.15) is 5.15 Å². The molecule has 2 heterocycles. The molecule has 1 amide bonds. The van der Waals surface area contributed by atoms with Crippen LogP contribution in [0.1, 0.15) is 16.1 Å². The number of nitrogens with one attached hydrogen (secondary N) is 2. The zero-order valence-corrected chi connectivity index (χ0v) is 13.3. The minimum Gasteiger partial charge on any atom is -0.355 e. The van der Waals surface area contributed by atoms with Crippen LogP contribution in [0, 0.1) is 10.9 Å². The molecule has 0 unspecified atom stereocenters. The first-order chi connectivity index (χ1) is 9.54. The van der Waals surface area contributed by atoms with E-state index in [1.165, 1.54) is 11.3 Å². The number of hydrogen-bond acceptors (Lipinski definition) is 4. The van der Waals surface area contributed by atoms with Gasteiger partial charge >= 0.3 is 0 Å². The maximum Gasteiger partial charge on any atom is 0.225 e. The maximum absolute atomic E-state index is 11.8. The number of hydrogen-bond donors (Lipinski definition) is 2. The minimum atomic E-state index is 0.000253. The molecular formula is C13H14ClN3OS2. The molecule has 2 N–H and O–H groups in total. The molecule has 20 heavy (non-hydrogen) atoms. The van der Waals surface area contributed by atoms with Crippen LogP contribution in [0.15, 0.2) is 18.3 Å². The van der Waals surface area contributed by atoms with Gasteiger partial charge in [-0.1, -0.05) is 17.7 Å². The van der Waals surface area contributed by atoms with Crippen molar-refractivity contribution in [3.05, 3.63) is 43.6 Å². The first-order valence-electron chi connectivity index (χ1n) is 6.10. The lowest BCUT2D eigenvalue weighted by Crippen LogP contribution is -2.27. The Balaban J connectivity index is 1.79. The highest BCUT2D eigenvalue weighted by atomic mass is 35.5. The number of amides is 1. The van der Waals surface area contributed by atoms with E-state index in [-0.39, 0.29) is 5.91 Å². The number of rotatable bonds is 5. The van der Waals surface area contributed by atoms with Crippen molar-refractivity contribution in [1.29, 1.82) is 0 Å². The fraction of sp³-hybridized carbons (Fsp3) is 0.308. The summed E-state index contributed by atoms with van der Waals surface area (Å²) in [6, 6.07) is 3.65. The van der Waals surface area contributed by atoms with Gasteiger partial charge in [0.05, 0.1) is 6.42 Å². The number of H-pyrrole nitrogens is 1. The second kappa shape index (κ2) is 6.97. The van der Waals surface area contributed by atoms with Crippen molar-refractivity contribution in [3.8, 4) is 0 Å². The summed E-state index contributed by atoms with van der Waals surface area (Å²) in [6.07, 6.45) is 2.82. The van der Waals surface area contributed by atoms with Crippen molar-refractivity contribution in [1.82, 2.24) is 15.3 Å². The third-order valence-electron chi connectivity index (χ3n) is 2.77. The quantitative estimate of drug-likeness (QED) is 0.655.